The van der Waals surface area contributed by atoms with Crippen LogP contribution < -0.4 is 0 Å². The minimum Gasteiger partial charge on any atom is -0.403 e. The van der Waals surface area contributed by atoms with Crippen LogP contribution in [0.15, 0.2) is 42.0 Å². The summed E-state index contributed by atoms with van der Waals surface area (Å²) in [7, 11) is -0.163. The van der Waals surface area contributed by atoms with Gasteiger partial charge >= 0.3 is 7.12 Å². The zero-order valence-electron chi connectivity index (χ0n) is 18.4. The Hall–Kier alpha value is -1.06. The SMILES string of the molecule is CCCCCC/C(C)=C/[C@H](CCc1ccccc1)B1OC(C)(C)C(C)(C)O1. The Bertz CT molecular complexity index is 576. The molecule has 3 heteroatoms. The molecule has 1 aliphatic rings. The summed E-state index contributed by atoms with van der Waals surface area (Å²) < 4.78 is 12.8. The van der Waals surface area contributed by atoms with Crippen molar-refractivity contribution in [3.63, 3.8) is 0 Å². The van der Waals surface area contributed by atoms with Gasteiger partial charge in [0.2, 0.25) is 0 Å². The standard InChI is InChI=1S/C24H39BO2/c1-7-8-9-11-14-20(2)19-22(18-17-21-15-12-10-13-16-21)25-26-23(3,4)24(5,6)27-25/h10,12-13,15-16,19,22H,7-9,11,14,17-18H2,1-6H3/b20-19+/t22-/m0/s1. The molecule has 2 rings (SSSR count). The molecule has 1 fully saturated rings. The van der Waals surface area contributed by atoms with E-state index >= 15 is 0 Å². The second-order valence-corrected chi connectivity index (χ2v) is 9.14. The summed E-state index contributed by atoms with van der Waals surface area (Å²) in [6, 6.07) is 10.7. The number of benzene rings is 1. The maximum absolute atomic E-state index is 6.39. The van der Waals surface area contributed by atoms with Crippen LogP contribution in [-0.2, 0) is 15.7 Å². The molecule has 0 bridgehead atoms. The van der Waals surface area contributed by atoms with E-state index < -0.39 is 0 Å². The van der Waals surface area contributed by atoms with E-state index in [2.05, 4.69) is 78.0 Å². The van der Waals surface area contributed by atoms with E-state index in [9.17, 15) is 0 Å². The van der Waals surface area contributed by atoms with Crippen molar-refractivity contribution in [2.24, 2.45) is 0 Å². The van der Waals surface area contributed by atoms with Crippen LogP contribution in [0.5, 0.6) is 0 Å². The van der Waals surface area contributed by atoms with E-state index in [1.165, 1.54) is 43.2 Å². The van der Waals surface area contributed by atoms with Crippen molar-refractivity contribution < 1.29 is 9.31 Å². The minimum absolute atomic E-state index is 0.163. The highest BCUT2D eigenvalue weighted by Gasteiger charge is 2.53. The van der Waals surface area contributed by atoms with Crippen molar-refractivity contribution in [2.75, 3.05) is 0 Å². The van der Waals surface area contributed by atoms with Gasteiger partial charge in [-0.25, -0.2) is 0 Å². The van der Waals surface area contributed by atoms with Crippen LogP contribution in [0.25, 0.3) is 0 Å². The third-order valence-electron chi connectivity index (χ3n) is 6.15. The van der Waals surface area contributed by atoms with Crippen LogP contribution in [-0.4, -0.2) is 18.3 Å². The summed E-state index contributed by atoms with van der Waals surface area (Å²) in [5.41, 5.74) is 2.31. The molecule has 0 aromatic heterocycles. The molecule has 27 heavy (non-hydrogen) atoms. The smallest absolute Gasteiger partial charge is 0.403 e. The first-order chi connectivity index (χ1) is 12.7. The van der Waals surface area contributed by atoms with Crippen LogP contribution in [0.1, 0.15) is 85.6 Å². The zero-order chi connectivity index (χ0) is 19.9. The lowest BCUT2D eigenvalue weighted by Crippen LogP contribution is -2.41. The third kappa shape index (κ3) is 6.50. The van der Waals surface area contributed by atoms with Crippen LogP contribution in [0.2, 0.25) is 5.82 Å². The molecule has 0 amide bonds. The molecule has 0 radical (unpaired) electrons. The number of allylic oxidation sites excluding steroid dienone is 2. The van der Waals surface area contributed by atoms with Crippen LogP contribution in [0, 0.1) is 0 Å². The monoisotopic (exact) mass is 370 g/mol. The average molecular weight is 370 g/mol. The first-order valence-electron chi connectivity index (χ1n) is 10.8. The third-order valence-corrected chi connectivity index (χ3v) is 6.15. The molecule has 1 aromatic carbocycles. The van der Waals surface area contributed by atoms with E-state index in [-0.39, 0.29) is 24.1 Å². The lowest BCUT2D eigenvalue weighted by atomic mass is 9.68. The molecule has 1 heterocycles. The highest BCUT2D eigenvalue weighted by Crippen LogP contribution is 2.41. The maximum atomic E-state index is 6.39. The Morgan fingerprint density at radius 2 is 1.63 bits per heavy atom. The topological polar surface area (TPSA) is 18.5 Å². The molecule has 0 aliphatic carbocycles. The molecule has 1 saturated heterocycles. The fraction of sp³-hybridized carbons (Fsp3) is 0.667. The first kappa shape index (κ1) is 22.2. The van der Waals surface area contributed by atoms with Gasteiger partial charge in [-0.1, -0.05) is 68.2 Å². The van der Waals surface area contributed by atoms with Crippen molar-refractivity contribution in [2.45, 2.75) is 104 Å². The number of aryl methyl sites for hydroxylation is 1. The van der Waals surface area contributed by atoms with Gasteiger partial charge in [-0.3, -0.25) is 0 Å². The molecule has 1 aromatic rings. The van der Waals surface area contributed by atoms with Crippen molar-refractivity contribution in [3.05, 3.63) is 47.5 Å². The van der Waals surface area contributed by atoms with E-state index in [1.807, 2.05) is 0 Å². The summed E-state index contributed by atoms with van der Waals surface area (Å²) in [5, 5.41) is 0. The summed E-state index contributed by atoms with van der Waals surface area (Å²) in [6.45, 7) is 13.1. The molecule has 1 aliphatic heterocycles. The Kier molecular flexibility index (Phi) is 8.18. The number of unbranched alkanes of at least 4 members (excludes halogenated alkanes) is 3. The van der Waals surface area contributed by atoms with Gasteiger partial charge in [0.15, 0.2) is 0 Å². The maximum Gasteiger partial charge on any atom is 0.465 e. The second kappa shape index (κ2) is 9.93. The van der Waals surface area contributed by atoms with Gasteiger partial charge < -0.3 is 9.31 Å². The highest BCUT2D eigenvalue weighted by molar-refractivity contribution is 6.48. The molecule has 0 spiro atoms. The lowest BCUT2D eigenvalue weighted by molar-refractivity contribution is 0.00578. The lowest BCUT2D eigenvalue weighted by Gasteiger charge is -2.32. The largest absolute Gasteiger partial charge is 0.465 e. The van der Waals surface area contributed by atoms with Gasteiger partial charge in [-0.2, -0.15) is 0 Å². The predicted octanol–water partition coefficient (Wildman–Crippen LogP) is 7.00. The van der Waals surface area contributed by atoms with Gasteiger partial charge in [0.05, 0.1) is 11.2 Å². The summed E-state index contributed by atoms with van der Waals surface area (Å²) >= 11 is 0. The predicted molar refractivity (Wildman–Crippen MR) is 117 cm³/mol. The molecule has 2 nitrogen and oxygen atoms in total. The molecular weight excluding hydrogens is 331 g/mol. The summed E-state index contributed by atoms with van der Waals surface area (Å²) in [6.07, 6.45) is 10.9. The van der Waals surface area contributed by atoms with E-state index in [1.54, 1.807) is 0 Å². The van der Waals surface area contributed by atoms with Gasteiger partial charge in [-0.05, 0) is 65.9 Å². The molecule has 1 atom stereocenters. The number of hydrogen-bond donors (Lipinski definition) is 0. The van der Waals surface area contributed by atoms with Crippen LogP contribution in [0.4, 0.5) is 0 Å². The average Bonchev–Trinajstić information content (AvgIpc) is 2.84. The van der Waals surface area contributed by atoms with E-state index in [0.29, 0.717) is 0 Å². The van der Waals surface area contributed by atoms with Crippen molar-refractivity contribution in [1.82, 2.24) is 0 Å². The van der Waals surface area contributed by atoms with Gasteiger partial charge in [-0.15, -0.1) is 0 Å². The Balaban J connectivity index is 2.06. The van der Waals surface area contributed by atoms with Crippen molar-refractivity contribution in [1.29, 1.82) is 0 Å². The molecule has 0 N–H and O–H groups in total. The Labute approximate surface area is 167 Å². The fourth-order valence-electron chi connectivity index (χ4n) is 3.62. The van der Waals surface area contributed by atoms with Gasteiger partial charge in [0.1, 0.15) is 0 Å². The Morgan fingerprint density at radius 3 is 2.22 bits per heavy atom. The van der Waals surface area contributed by atoms with Crippen molar-refractivity contribution in [3.8, 4) is 0 Å². The Morgan fingerprint density at radius 1 is 1.00 bits per heavy atom. The highest BCUT2D eigenvalue weighted by atomic mass is 16.7. The van der Waals surface area contributed by atoms with Crippen LogP contribution >= 0.6 is 0 Å². The second-order valence-electron chi connectivity index (χ2n) is 9.14. The summed E-state index contributed by atoms with van der Waals surface area (Å²) in [5.74, 6) is 0.289. The fourth-order valence-corrected chi connectivity index (χ4v) is 3.62. The zero-order valence-corrected chi connectivity index (χ0v) is 18.4. The molecule has 150 valence electrons. The molecule has 0 unspecified atom stereocenters. The first-order valence-corrected chi connectivity index (χ1v) is 10.8. The van der Waals surface area contributed by atoms with Gasteiger partial charge in [0, 0.05) is 5.82 Å². The minimum atomic E-state index is -0.272. The summed E-state index contributed by atoms with van der Waals surface area (Å²) in [4.78, 5) is 0. The quantitative estimate of drug-likeness (QED) is 0.251. The number of hydrogen-bond acceptors (Lipinski definition) is 2. The van der Waals surface area contributed by atoms with E-state index in [4.69, 9.17) is 9.31 Å². The van der Waals surface area contributed by atoms with E-state index in [0.717, 1.165) is 12.8 Å². The molecular formula is C24H39BO2. The van der Waals surface area contributed by atoms with Crippen molar-refractivity contribution >= 4 is 7.12 Å². The van der Waals surface area contributed by atoms with Crippen LogP contribution in [0.3, 0.4) is 0 Å². The van der Waals surface area contributed by atoms with Gasteiger partial charge in [0.25, 0.3) is 0 Å². The number of rotatable bonds is 10. The normalized spacial score (nSPS) is 20.1. The molecule has 0 saturated carbocycles.